The van der Waals surface area contributed by atoms with Gasteiger partial charge in [0, 0.05) is 44.6 Å². The standard InChI is InChI=1S/C25H27N5O2/c31-24(19-30-16-14-29(15-17-30)18-21-10-6-7-13-26-21)28-23-12-5-4-11-22(23)25(32)27-20-8-2-1-3-9-20/h1-13H,14-19H2,(H,27,32)(H,28,31). The van der Waals surface area contributed by atoms with Gasteiger partial charge >= 0.3 is 0 Å². The Morgan fingerprint density at radius 2 is 1.47 bits per heavy atom. The Morgan fingerprint density at radius 1 is 0.781 bits per heavy atom. The average molecular weight is 430 g/mol. The van der Waals surface area contributed by atoms with Crippen LogP contribution in [0.5, 0.6) is 0 Å². The van der Waals surface area contributed by atoms with E-state index >= 15 is 0 Å². The molecule has 1 aliphatic rings. The summed E-state index contributed by atoms with van der Waals surface area (Å²) in [5.74, 6) is -0.377. The zero-order valence-electron chi connectivity index (χ0n) is 17.9. The van der Waals surface area contributed by atoms with E-state index < -0.39 is 0 Å². The van der Waals surface area contributed by atoms with Crippen molar-refractivity contribution in [3.63, 3.8) is 0 Å². The molecule has 0 unspecified atom stereocenters. The topological polar surface area (TPSA) is 77.6 Å². The third kappa shape index (κ3) is 6.00. The fourth-order valence-corrected chi connectivity index (χ4v) is 3.73. The minimum atomic E-state index is -0.254. The van der Waals surface area contributed by atoms with E-state index in [0.29, 0.717) is 23.5 Å². The lowest BCUT2D eigenvalue weighted by molar-refractivity contribution is -0.117. The molecule has 2 aromatic carbocycles. The number of rotatable bonds is 7. The molecule has 1 aliphatic heterocycles. The number of carbonyl (C=O) groups excluding carboxylic acids is 2. The summed E-state index contributed by atoms with van der Waals surface area (Å²) >= 11 is 0. The van der Waals surface area contributed by atoms with Crippen LogP contribution in [0.25, 0.3) is 0 Å². The summed E-state index contributed by atoms with van der Waals surface area (Å²) in [4.78, 5) is 34.3. The summed E-state index contributed by atoms with van der Waals surface area (Å²) < 4.78 is 0. The van der Waals surface area contributed by atoms with Crippen molar-refractivity contribution < 1.29 is 9.59 Å². The van der Waals surface area contributed by atoms with E-state index in [1.165, 1.54) is 0 Å². The van der Waals surface area contributed by atoms with Gasteiger partial charge in [0.15, 0.2) is 0 Å². The number of carbonyl (C=O) groups is 2. The van der Waals surface area contributed by atoms with E-state index in [1.54, 1.807) is 18.2 Å². The SMILES string of the molecule is O=C(CN1CCN(Cc2ccccn2)CC1)Nc1ccccc1C(=O)Nc1ccccc1. The first-order valence-electron chi connectivity index (χ1n) is 10.8. The van der Waals surface area contributed by atoms with E-state index in [0.717, 1.165) is 38.4 Å². The summed E-state index contributed by atoms with van der Waals surface area (Å²) in [6.45, 7) is 4.53. The van der Waals surface area contributed by atoms with Gasteiger partial charge in [-0.2, -0.15) is 0 Å². The highest BCUT2D eigenvalue weighted by Gasteiger charge is 2.20. The molecule has 164 valence electrons. The van der Waals surface area contributed by atoms with Crippen LogP contribution in [-0.2, 0) is 11.3 Å². The molecular formula is C25H27N5O2. The van der Waals surface area contributed by atoms with Crippen molar-refractivity contribution in [2.24, 2.45) is 0 Å². The number of hydrogen-bond donors (Lipinski definition) is 2. The summed E-state index contributed by atoms with van der Waals surface area (Å²) in [7, 11) is 0. The number of amides is 2. The van der Waals surface area contributed by atoms with Gasteiger partial charge < -0.3 is 10.6 Å². The number of pyridine rings is 1. The number of piperazine rings is 1. The summed E-state index contributed by atoms with van der Waals surface area (Å²) in [5.41, 5.74) is 2.72. The molecule has 7 nitrogen and oxygen atoms in total. The number of anilines is 2. The number of benzene rings is 2. The lowest BCUT2D eigenvalue weighted by Gasteiger charge is -2.34. The second kappa shape index (κ2) is 10.7. The van der Waals surface area contributed by atoms with Gasteiger partial charge in [-0.25, -0.2) is 0 Å². The molecule has 0 atom stereocenters. The van der Waals surface area contributed by atoms with Crippen LogP contribution >= 0.6 is 0 Å². The fraction of sp³-hybridized carbons (Fsp3) is 0.240. The van der Waals surface area contributed by atoms with Crippen molar-refractivity contribution in [1.82, 2.24) is 14.8 Å². The van der Waals surface area contributed by atoms with Crippen LogP contribution in [0.15, 0.2) is 79.0 Å². The molecule has 2 N–H and O–H groups in total. The molecule has 4 rings (SSSR count). The van der Waals surface area contributed by atoms with E-state index in [1.807, 2.05) is 60.8 Å². The second-order valence-electron chi connectivity index (χ2n) is 7.79. The molecule has 0 bridgehead atoms. The van der Waals surface area contributed by atoms with E-state index in [2.05, 4.69) is 25.4 Å². The molecule has 0 aliphatic carbocycles. The minimum absolute atomic E-state index is 0.122. The molecule has 2 amide bonds. The predicted octanol–water partition coefficient (Wildman–Crippen LogP) is 3.09. The molecule has 0 saturated carbocycles. The Morgan fingerprint density at radius 3 is 2.22 bits per heavy atom. The Kier molecular flexibility index (Phi) is 7.22. The van der Waals surface area contributed by atoms with Crippen LogP contribution in [0.4, 0.5) is 11.4 Å². The minimum Gasteiger partial charge on any atom is -0.324 e. The lowest BCUT2D eigenvalue weighted by Crippen LogP contribution is -2.48. The number of para-hydroxylation sites is 2. The van der Waals surface area contributed by atoms with Gasteiger partial charge in [0.05, 0.1) is 23.5 Å². The van der Waals surface area contributed by atoms with Crippen LogP contribution < -0.4 is 10.6 Å². The van der Waals surface area contributed by atoms with Gasteiger partial charge in [-0.3, -0.25) is 24.4 Å². The predicted molar refractivity (Wildman–Crippen MR) is 125 cm³/mol. The molecule has 1 saturated heterocycles. The van der Waals surface area contributed by atoms with Gasteiger partial charge in [-0.1, -0.05) is 36.4 Å². The molecular weight excluding hydrogens is 402 g/mol. The first-order valence-corrected chi connectivity index (χ1v) is 10.8. The largest absolute Gasteiger partial charge is 0.324 e. The number of aromatic nitrogens is 1. The van der Waals surface area contributed by atoms with Crippen molar-refractivity contribution in [3.8, 4) is 0 Å². The van der Waals surface area contributed by atoms with Crippen LogP contribution in [-0.4, -0.2) is 59.3 Å². The monoisotopic (exact) mass is 429 g/mol. The van der Waals surface area contributed by atoms with Gasteiger partial charge in [0.1, 0.15) is 0 Å². The highest BCUT2D eigenvalue weighted by molar-refractivity contribution is 6.10. The normalized spacial score (nSPS) is 14.6. The average Bonchev–Trinajstić information content (AvgIpc) is 2.82. The Hall–Kier alpha value is -3.55. The Balaban J connectivity index is 1.29. The molecule has 0 spiro atoms. The van der Waals surface area contributed by atoms with Crippen molar-refractivity contribution in [3.05, 3.63) is 90.3 Å². The molecule has 3 aromatic rings. The lowest BCUT2D eigenvalue weighted by atomic mass is 10.1. The first-order chi connectivity index (χ1) is 15.7. The van der Waals surface area contributed by atoms with Crippen LogP contribution in [0.1, 0.15) is 16.1 Å². The molecule has 2 heterocycles. The van der Waals surface area contributed by atoms with Gasteiger partial charge in [0.2, 0.25) is 5.91 Å². The zero-order chi connectivity index (χ0) is 22.2. The van der Waals surface area contributed by atoms with E-state index in [-0.39, 0.29) is 11.8 Å². The highest BCUT2D eigenvalue weighted by Crippen LogP contribution is 2.18. The maximum absolute atomic E-state index is 12.7. The Bertz CT molecular complexity index is 1030. The maximum Gasteiger partial charge on any atom is 0.257 e. The third-order valence-electron chi connectivity index (χ3n) is 5.42. The molecule has 1 fully saturated rings. The Labute approximate surface area is 188 Å². The van der Waals surface area contributed by atoms with Crippen molar-refractivity contribution in [1.29, 1.82) is 0 Å². The zero-order valence-corrected chi connectivity index (χ0v) is 17.9. The van der Waals surface area contributed by atoms with Gasteiger partial charge in [-0.15, -0.1) is 0 Å². The van der Waals surface area contributed by atoms with Crippen molar-refractivity contribution >= 4 is 23.2 Å². The van der Waals surface area contributed by atoms with Crippen LogP contribution in [0.3, 0.4) is 0 Å². The van der Waals surface area contributed by atoms with Gasteiger partial charge in [-0.05, 0) is 36.4 Å². The molecule has 7 heteroatoms. The smallest absolute Gasteiger partial charge is 0.257 e. The van der Waals surface area contributed by atoms with Crippen molar-refractivity contribution in [2.75, 3.05) is 43.4 Å². The van der Waals surface area contributed by atoms with E-state index in [4.69, 9.17) is 0 Å². The number of nitrogens with zero attached hydrogens (tertiary/aromatic N) is 3. The first kappa shape index (κ1) is 21.7. The summed E-state index contributed by atoms with van der Waals surface area (Å²) in [6.07, 6.45) is 1.81. The summed E-state index contributed by atoms with van der Waals surface area (Å²) in [5, 5.41) is 5.78. The maximum atomic E-state index is 12.7. The fourth-order valence-electron chi connectivity index (χ4n) is 3.73. The third-order valence-corrected chi connectivity index (χ3v) is 5.42. The molecule has 1 aromatic heterocycles. The van der Waals surface area contributed by atoms with Gasteiger partial charge in [0.25, 0.3) is 5.91 Å². The second-order valence-corrected chi connectivity index (χ2v) is 7.79. The van der Waals surface area contributed by atoms with Crippen molar-refractivity contribution in [2.45, 2.75) is 6.54 Å². The van der Waals surface area contributed by atoms with Crippen LogP contribution in [0.2, 0.25) is 0 Å². The number of nitrogens with one attached hydrogen (secondary N) is 2. The quantitative estimate of drug-likeness (QED) is 0.604. The number of hydrogen-bond acceptors (Lipinski definition) is 5. The molecule has 32 heavy (non-hydrogen) atoms. The van der Waals surface area contributed by atoms with E-state index in [9.17, 15) is 9.59 Å². The van der Waals surface area contributed by atoms with Crippen LogP contribution in [0, 0.1) is 0 Å². The highest BCUT2D eigenvalue weighted by atomic mass is 16.2. The summed E-state index contributed by atoms with van der Waals surface area (Å²) in [6, 6.07) is 22.3. The molecule has 0 radical (unpaired) electrons.